The minimum absolute atomic E-state index is 0. The van der Waals surface area contributed by atoms with E-state index in [1.54, 1.807) is 55.9 Å². The molecule has 4 heterocycles. The summed E-state index contributed by atoms with van der Waals surface area (Å²) in [6.07, 6.45) is -9.08. The first-order chi connectivity index (χ1) is 34.6. The number of benzene rings is 4. The fraction of sp³-hybridized carbons (Fsp3) is 0.267. The Labute approximate surface area is 445 Å². The topological polar surface area (TPSA) is 93.5 Å². The van der Waals surface area contributed by atoms with Crippen molar-refractivity contribution in [3.8, 4) is 22.3 Å². The van der Waals surface area contributed by atoms with Crippen LogP contribution in [0.3, 0.4) is 0 Å². The van der Waals surface area contributed by atoms with Crippen LogP contribution in [0.1, 0.15) is 99.8 Å². The number of carbonyl (C=O) groups excluding carboxylic acids is 2. The Kier molecular flexibility index (Phi) is 16.7. The van der Waals surface area contributed by atoms with Gasteiger partial charge in [0.1, 0.15) is 0 Å². The number of nitrogens with zero attached hydrogens (tertiary/aromatic N) is 6. The molecule has 0 spiro atoms. The number of hydrogen-bond acceptors (Lipinski definition) is 4. The first-order valence-corrected chi connectivity index (χ1v) is 23.9. The molecule has 2 aliphatic rings. The maximum atomic E-state index is 14.0. The van der Waals surface area contributed by atoms with Gasteiger partial charge in [-0.05, 0) is 134 Å². The maximum Gasteiger partial charge on any atom is 2.00 e. The van der Waals surface area contributed by atoms with E-state index in [1.807, 2.05) is 111 Å². The zero-order chi connectivity index (χ0) is 54.5. The van der Waals surface area contributed by atoms with Gasteiger partial charge in [-0.3, -0.25) is 19.6 Å². The van der Waals surface area contributed by atoms with Crippen LogP contribution in [-0.4, -0.2) is 67.4 Å². The summed E-state index contributed by atoms with van der Waals surface area (Å²) in [5, 5.41) is 0. The van der Waals surface area contributed by atoms with Crippen LogP contribution in [0.2, 0.25) is 0 Å². The number of halogens is 6. The van der Waals surface area contributed by atoms with Crippen molar-refractivity contribution in [3.63, 3.8) is 0 Å². The number of alkyl halides is 6. The number of amides is 2. The summed E-state index contributed by atoms with van der Waals surface area (Å²) in [4.78, 5) is 47.3. The van der Waals surface area contributed by atoms with Crippen LogP contribution in [0, 0.1) is 41.5 Å². The van der Waals surface area contributed by atoms with Gasteiger partial charge in [0, 0.05) is 39.3 Å². The monoisotopic (exact) mass is 1070 g/mol. The summed E-state index contributed by atoms with van der Waals surface area (Å²) in [5.74, 6) is -0.413. The smallest absolute Gasteiger partial charge is 0.660 e. The van der Waals surface area contributed by atoms with E-state index in [2.05, 4.69) is 9.98 Å². The van der Waals surface area contributed by atoms with E-state index in [1.165, 1.54) is 37.5 Å². The molecule has 0 aliphatic carbocycles. The van der Waals surface area contributed by atoms with Crippen LogP contribution in [0.5, 0.6) is 0 Å². The molecule has 0 saturated carbocycles. The molecular formula is C60H58CoF6N6O2. The number of carbonyl (C=O) groups is 2. The average Bonchev–Trinajstić information content (AvgIpc) is 4.01. The number of rotatable bonds is 8. The van der Waals surface area contributed by atoms with E-state index in [0.717, 1.165) is 44.5 Å². The van der Waals surface area contributed by atoms with E-state index < -0.39 is 23.5 Å². The van der Waals surface area contributed by atoms with Crippen molar-refractivity contribution >= 4 is 34.4 Å². The summed E-state index contributed by atoms with van der Waals surface area (Å²) in [6.45, 7) is 16.6. The van der Waals surface area contributed by atoms with Gasteiger partial charge in [0.2, 0.25) is 0 Å². The molecule has 75 heavy (non-hydrogen) atoms. The van der Waals surface area contributed by atoms with E-state index in [0.29, 0.717) is 56.2 Å². The van der Waals surface area contributed by atoms with E-state index in [9.17, 15) is 35.9 Å². The predicted octanol–water partition coefficient (Wildman–Crippen LogP) is 13.9. The summed E-state index contributed by atoms with van der Waals surface area (Å²) < 4.78 is 83.9. The fourth-order valence-corrected chi connectivity index (χ4v) is 9.81. The van der Waals surface area contributed by atoms with Crippen molar-refractivity contribution in [2.45, 2.75) is 81.6 Å². The Hall–Kier alpha value is -7.23. The van der Waals surface area contributed by atoms with Gasteiger partial charge in [0.25, 0.3) is 11.8 Å². The van der Waals surface area contributed by atoms with Crippen LogP contribution in [0.25, 0.3) is 33.4 Å². The Balaban J connectivity index is 0.000000241. The molecular weight excluding hydrogens is 1010 g/mol. The second kappa shape index (κ2) is 21.9. The molecule has 0 atom stereocenters. The molecule has 1 radical (unpaired) electrons. The second-order valence-electron chi connectivity index (χ2n) is 19.1. The molecule has 0 saturated heterocycles. The van der Waals surface area contributed by atoms with Gasteiger partial charge in [0.15, 0.2) is 0 Å². The molecule has 15 heteroatoms. The Morgan fingerprint density at radius 3 is 1.33 bits per heavy atom. The zero-order valence-electron chi connectivity index (χ0n) is 44.3. The van der Waals surface area contributed by atoms with Crippen LogP contribution >= 0.6 is 0 Å². The third-order valence-electron chi connectivity index (χ3n) is 13.5. The summed E-state index contributed by atoms with van der Waals surface area (Å²) in [6, 6.07) is 31.3. The number of aliphatic imine (C=N–C) groups is 2. The third-order valence-corrected chi connectivity index (χ3v) is 13.5. The molecule has 2 aliphatic heterocycles. The van der Waals surface area contributed by atoms with Gasteiger partial charge >= 0.3 is 29.1 Å². The zero-order valence-corrected chi connectivity index (χ0v) is 45.4. The van der Waals surface area contributed by atoms with Gasteiger partial charge in [-0.15, -0.1) is 22.8 Å². The van der Waals surface area contributed by atoms with Gasteiger partial charge in [-0.2, -0.15) is 26.3 Å². The van der Waals surface area contributed by atoms with Gasteiger partial charge in [-0.1, -0.05) is 110 Å². The van der Waals surface area contributed by atoms with Crippen molar-refractivity contribution in [3.05, 3.63) is 198 Å². The van der Waals surface area contributed by atoms with Crippen LogP contribution in [0.4, 0.5) is 26.3 Å². The molecule has 2 aromatic heterocycles. The molecule has 4 aromatic carbocycles. The first kappa shape index (κ1) is 57.1. The largest absolute Gasteiger partial charge is 2.00 e. The molecule has 0 N–H and O–H groups in total. The van der Waals surface area contributed by atoms with Crippen molar-refractivity contribution in [2.75, 3.05) is 28.2 Å². The summed E-state index contributed by atoms with van der Waals surface area (Å²) in [5.41, 5.74) is 11.0. The molecule has 0 fully saturated rings. The van der Waals surface area contributed by atoms with Gasteiger partial charge in [0.05, 0.1) is 34.0 Å². The van der Waals surface area contributed by atoms with Gasteiger partial charge in [-0.25, -0.2) is 0 Å². The Morgan fingerprint density at radius 2 is 0.920 bits per heavy atom. The predicted molar refractivity (Wildman–Crippen MR) is 283 cm³/mol. The Bertz CT molecular complexity index is 3430. The molecule has 6 aromatic rings. The number of hydrogen-bond donors (Lipinski definition) is 0. The van der Waals surface area contributed by atoms with Crippen molar-refractivity contribution in [1.82, 2.24) is 19.8 Å². The maximum absolute atomic E-state index is 14.0. The van der Waals surface area contributed by atoms with Crippen LogP contribution < -0.4 is 9.97 Å². The molecule has 0 bridgehead atoms. The minimum atomic E-state index is -4.54. The number of likely N-dealkylation sites (N-methyl/N-ethyl adjacent to an activating group) is 1. The van der Waals surface area contributed by atoms with Crippen LogP contribution in [0.15, 0.2) is 141 Å². The average molecular weight is 1070 g/mol. The Morgan fingerprint density at radius 1 is 0.493 bits per heavy atom. The van der Waals surface area contributed by atoms with E-state index in [4.69, 9.17) is 9.98 Å². The molecule has 2 amide bonds. The van der Waals surface area contributed by atoms with E-state index in [-0.39, 0.29) is 62.5 Å². The molecule has 0 unspecified atom stereocenters. The van der Waals surface area contributed by atoms with E-state index >= 15 is 0 Å². The summed E-state index contributed by atoms with van der Waals surface area (Å²) in [7, 11) is 6.64. The molecule has 8 nitrogen and oxygen atoms in total. The van der Waals surface area contributed by atoms with Gasteiger partial charge < -0.3 is 19.8 Å². The standard InChI is InChI=1S/2C30H30F3N3O.Co/c2*1-16-13-14-22(21-11-9-8-10-12-21)15-23(16)25(28-18(3)26(20(5)35-28)30(31,32)33)27-17(2)24(19(4)34-27)29(37)36(6)7;/h2*8-15H,1-7H3,(H,34,35,37);/q;;+2/p-2. The SMILES string of the molecule is CC1=N/C(=C(/c2cc(-c3ccccc3)ccc2C)c2[n-]c(C)c(C(=O)N(C)C)c2C)C(C)=C1C(F)(F)F.CC1=N/C(=C(/c2cc(-c3ccccc3)ccc2C)c2[n-]c(C)c(C(F)(F)F)c2C)C(C)=C1C(=O)N(C)C.[Co+2]. The number of allylic oxidation sites excluding steroid dienone is 3. The number of aromatic nitrogens is 2. The molecule has 391 valence electrons. The van der Waals surface area contributed by atoms with Crippen molar-refractivity contribution in [1.29, 1.82) is 0 Å². The summed E-state index contributed by atoms with van der Waals surface area (Å²) >= 11 is 0. The second-order valence-corrected chi connectivity index (χ2v) is 19.1. The minimum Gasteiger partial charge on any atom is -0.660 e. The first-order valence-electron chi connectivity index (χ1n) is 23.9. The van der Waals surface area contributed by atoms with Crippen molar-refractivity contribution < 1.29 is 52.7 Å². The quantitative estimate of drug-likeness (QED) is 0.142. The fourth-order valence-electron chi connectivity index (χ4n) is 9.81. The molecule has 8 rings (SSSR count). The van der Waals surface area contributed by atoms with Crippen LogP contribution in [-0.2, 0) is 27.7 Å². The third kappa shape index (κ3) is 11.1. The normalized spacial score (nSPS) is 15.0. The van der Waals surface area contributed by atoms with Crippen molar-refractivity contribution in [2.24, 2.45) is 9.98 Å². The number of aryl methyl sites for hydroxylation is 4.